The van der Waals surface area contributed by atoms with Crippen molar-refractivity contribution < 1.29 is 18.9 Å². The molecule has 0 radical (unpaired) electrons. The van der Waals surface area contributed by atoms with Gasteiger partial charge in [-0.3, -0.25) is 9.78 Å². The Labute approximate surface area is 136 Å². The molecule has 0 saturated heterocycles. The molecule has 9 heteroatoms. The summed E-state index contributed by atoms with van der Waals surface area (Å²) in [6, 6.07) is 10.4. The molecule has 3 aromatic rings. The fraction of sp³-hybridized carbons (Fsp3) is 0.0667. The Morgan fingerprint density at radius 2 is 2.17 bits per heavy atom. The summed E-state index contributed by atoms with van der Waals surface area (Å²) >= 11 is 0. The SMILES string of the molecule is O=C(Nc1ccc2c(c1)B(O)OC2)c1nnc(-c2ccccn2)o1. The Morgan fingerprint density at radius 1 is 1.25 bits per heavy atom. The second kappa shape index (κ2) is 5.87. The van der Waals surface area contributed by atoms with Crippen LogP contribution in [0.5, 0.6) is 0 Å². The molecule has 8 nitrogen and oxygen atoms in total. The van der Waals surface area contributed by atoms with Crippen molar-refractivity contribution >= 4 is 24.2 Å². The largest absolute Gasteiger partial charge is 0.491 e. The van der Waals surface area contributed by atoms with E-state index in [1.807, 2.05) is 0 Å². The maximum atomic E-state index is 12.2. The third-order valence-corrected chi connectivity index (χ3v) is 3.57. The normalized spacial score (nSPS) is 13.0. The Morgan fingerprint density at radius 3 is 3.00 bits per heavy atom. The van der Waals surface area contributed by atoms with E-state index < -0.39 is 13.0 Å². The first-order chi connectivity index (χ1) is 11.7. The zero-order valence-electron chi connectivity index (χ0n) is 12.3. The molecule has 118 valence electrons. The highest BCUT2D eigenvalue weighted by Crippen LogP contribution is 2.17. The fourth-order valence-corrected chi connectivity index (χ4v) is 2.38. The Hall–Kier alpha value is -3.04. The highest BCUT2D eigenvalue weighted by Gasteiger charge is 2.27. The summed E-state index contributed by atoms with van der Waals surface area (Å²) in [6.45, 7) is 0.349. The lowest BCUT2D eigenvalue weighted by Gasteiger charge is -2.05. The van der Waals surface area contributed by atoms with Crippen molar-refractivity contribution in [2.75, 3.05) is 5.32 Å². The summed E-state index contributed by atoms with van der Waals surface area (Å²) in [5.74, 6) is -0.551. The van der Waals surface area contributed by atoms with Crippen LogP contribution in [0.1, 0.15) is 16.2 Å². The molecule has 0 fully saturated rings. The lowest BCUT2D eigenvalue weighted by Crippen LogP contribution is -2.28. The Balaban J connectivity index is 1.53. The molecule has 2 N–H and O–H groups in total. The van der Waals surface area contributed by atoms with Gasteiger partial charge in [-0.25, -0.2) is 0 Å². The molecule has 2 aromatic heterocycles. The quantitative estimate of drug-likeness (QED) is 0.679. The fourth-order valence-electron chi connectivity index (χ4n) is 2.38. The molecule has 3 heterocycles. The third kappa shape index (κ3) is 2.66. The molecular weight excluding hydrogens is 311 g/mol. The number of aromatic nitrogens is 3. The number of nitrogens with zero attached hydrogens (tertiary/aromatic N) is 3. The van der Waals surface area contributed by atoms with Crippen molar-refractivity contribution in [1.82, 2.24) is 15.2 Å². The highest BCUT2D eigenvalue weighted by molar-refractivity contribution is 6.61. The number of hydrogen-bond donors (Lipinski definition) is 2. The summed E-state index contributed by atoms with van der Waals surface area (Å²) in [5.41, 5.74) is 2.51. The maximum Gasteiger partial charge on any atom is 0.491 e. The summed E-state index contributed by atoms with van der Waals surface area (Å²) in [4.78, 5) is 16.3. The minimum absolute atomic E-state index is 0.165. The van der Waals surface area contributed by atoms with Gasteiger partial charge in [-0.15, -0.1) is 10.2 Å². The van der Waals surface area contributed by atoms with Crippen LogP contribution in [0.4, 0.5) is 5.69 Å². The van der Waals surface area contributed by atoms with Crippen LogP contribution in [0.25, 0.3) is 11.6 Å². The van der Waals surface area contributed by atoms with Crippen LogP contribution in [0.2, 0.25) is 0 Å². The summed E-state index contributed by atoms with van der Waals surface area (Å²) in [5, 5.41) is 19.9. The standard InChI is InChI=1S/C15H11BN4O4/c21-13(15-20-19-14(24-15)12-3-1-2-6-17-12)18-10-5-4-9-8-23-16(22)11(9)7-10/h1-7,22H,8H2,(H,18,21). The molecular formula is C15H11BN4O4. The molecule has 1 amide bonds. The second-order valence-electron chi connectivity index (χ2n) is 5.16. The van der Waals surface area contributed by atoms with Crippen LogP contribution in [-0.4, -0.2) is 33.2 Å². The number of rotatable bonds is 3. The van der Waals surface area contributed by atoms with E-state index in [1.54, 1.807) is 42.6 Å². The first kappa shape index (κ1) is 14.6. The number of carbonyl (C=O) groups excluding carboxylic acids is 1. The summed E-state index contributed by atoms with van der Waals surface area (Å²) < 4.78 is 10.5. The number of fused-ring (bicyclic) bond motifs is 1. The second-order valence-corrected chi connectivity index (χ2v) is 5.16. The van der Waals surface area contributed by atoms with Crippen LogP contribution in [-0.2, 0) is 11.3 Å². The van der Waals surface area contributed by atoms with E-state index >= 15 is 0 Å². The van der Waals surface area contributed by atoms with Crippen LogP contribution in [0, 0.1) is 0 Å². The molecule has 1 aliphatic heterocycles. The lowest BCUT2D eigenvalue weighted by molar-refractivity contribution is 0.0991. The van der Waals surface area contributed by atoms with Crippen LogP contribution in [0.3, 0.4) is 0 Å². The van der Waals surface area contributed by atoms with Crippen LogP contribution < -0.4 is 10.8 Å². The van der Waals surface area contributed by atoms with E-state index in [2.05, 4.69) is 20.5 Å². The van der Waals surface area contributed by atoms with Crippen molar-refractivity contribution in [2.45, 2.75) is 6.61 Å². The van der Waals surface area contributed by atoms with Crippen molar-refractivity contribution in [3.8, 4) is 11.6 Å². The molecule has 1 aliphatic rings. The van der Waals surface area contributed by atoms with Gasteiger partial charge in [0.15, 0.2) is 0 Å². The molecule has 0 unspecified atom stereocenters. The number of hydrogen-bond acceptors (Lipinski definition) is 7. The van der Waals surface area contributed by atoms with Crippen molar-refractivity contribution in [2.24, 2.45) is 0 Å². The number of benzene rings is 1. The van der Waals surface area contributed by atoms with Crippen molar-refractivity contribution in [3.05, 3.63) is 54.0 Å². The Bertz CT molecular complexity index is 899. The van der Waals surface area contributed by atoms with Gasteiger partial charge in [0.25, 0.3) is 5.89 Å². The van der Waals surface area contributed by atoms with Gasteiger partial charge in [0.1, 0.15) is 5.69 Å². The Kier molecular flexibility index (Phi) is 3.56. The van der Waals surface area contributed by atoms with Gasteiger partial charge in [-0.2, -0.15) is 0 Å². The average Bonchev–Trinajstić information content (AvgIpc) is 3.24. The third-order valence-electron chi connectivity index (χ3n) is 3.57. The lowest BCUT2D eigenvalue weighted by atomic mass is 9.79. The number of nitrogens with one attached hydrogen (secondary N) is 1. The predicted octanol–water partition coefficient (Wildman–Crippen LogP) is 0.602. The first-order valence-electron chi connectivity index (χ1n) is 7.19. The number of amides is 1. The van der Waals surface area contributed by atoms with Crippen molar-refractivity contribution in [1.29, 1.82) is 0 Å². The molecule has 0 aliphatic carbocycles. The molecule has 0 saturated carbocycles. The number of pyridine rings is 1. The molecule has 4 rings (SSSR count). The van der Waals surface area contributed by atoms with Gasteiger partial charge in [0.2, 0.25) is 0 Å². The van der Waals surface area contributed by atoms with Gasteiger partial charge in [0, 0.05) is 11.9 Å². The van der Waals surface area contributed by atoms with Crippen LogP contribution in [0.15, 0.2) is 47.0 Å². The van der Waals surface area contributed by atoms with E-state index in [-0.39, 0.29) is 11.8 Å². The van der Waals surface area contributed by atoms with Gasteiger partial charge in [-0.1, -0.05) is 12.1 Å². The summed E-state index contributed by atoms with van der Waals surface area (Å²) in [7, 11) is -0.976. The summed E-state index contributed by atoms with van der Waals surface area (Å²) in [6.07, 6.45) is 1.59. The number of carbonyl (C=O) groups is 1. The van der Waals surface area contributed by atoms with Gasteiger partial charge in [0.05, 0.1) is 6.61 Å². The molecule has 0 atom stereocenters. The molecule has 1 aromatic carbocycles. The monoisotopic (exact) mass is 322 g/mol. The van der Waals surface area contributed by atoms with E-state index in [9.17, 15) is 9.82 Å². The van der Waals surface area contributed by atoms with E-state index in [1.165, 1.54) is 0 Å². The predicted molar refractivity (Wildman–Crippen MR) is 84.3 cm³/mol. The zero-order valence-corrected chi connectivity index (χ0v) is 12.3. The van der Waals surface area contributed by atoms with Gasteiger partial charge >= 0.3 is 18.9 Å². The minimum atomic E-state index is -0.976. The molecule has 24 heavy (non-hydrogen) atoms. The molecule has 0 bridgehead atoms. The van der Waals surface area contributed by atoms with Gasteiger partial charge in [-0.05, 0) is 35.3 Å². The van der Waals surface area contributed by atoms with Crippen LogP contribution >= 0.6 is 0 Å². The van der Waals surface area contributed by atoms with E-state index in [0.717, 1.165) is 5.56 Å². The van der Waals surface area contributed by atoms with Crippen molar-refractivity contribution in [3.63, 3.8) is 0 Å². The van der Waals surface area contributed by atoms with Gasteiger partial charge < -0.3 is 19.4 Å². The molecule has 0 spiro atoms. The maximum absolute atomic E-state index is 12.2. The van der Waals surface area contributed by atoms with E-state index in [4.69, 9.17) is 9.07 Å². The topological polar surface area (TPSA) is 110 Å². The smallest absolute Gasteiger partial charge is 0.423 e. The zero-order chi connectivity index (χ0) is 16.5. The minimum Gasteiger partial charge on any atom is -0.423 e. The average molecular weight is 322 g/mol. The van der Waals surface area contributed by atoms with E-state index in [0.29, 0.717) is 23.5 Å². The number of anilines is 1. The highest BCUT2D eigenvalue weighted by atomic mass is 16.5. The first-order valence-corrected chi connectivity index (χ1v) is 7.19.